The Balaban J connectivity index is 2.10. The Kier molecular flexibility index (Phi) is 26.1. The second kappa shape index (κ2) is 28.4. The van der Waals surface area contributed by atoms with Crippen LogP contribution < -0.4 is 10.6 Å². The normalized spacial score (nSPS) is 15.1. The van der Waals surface area contributed by atoms with Crippen LogP contribution in [0, 0.1) is 0 Å². The number of nitrogens with one attached hydrogen (secondary N) is 2. The topological polar surface area (TPSA) is 75.3 Å². The number of Topliss-reactive ketones (excluding diaryl/α,β-unsaturated/α-hetero) is 1. The number of ketones is 1. The van der Waals surface area contributed by atoms with Crippen molar-refractivity contribution >= 4 is 17.6 Å². The number of hydrogen-bond donors (Lipinski definition) is 2. The van der Waals surface area contributed by atoms with E-state index < -0.39 is 0 Å². The van der Waals surface area contributed by atoms with Gasteiger partial charge < -0.3 is 10.6 Å². The zero-order valence-corrected chi connectivity index (χ0v) is 28.1. The molecule has 0 aromatic carbocycles. The van der Waals surface area contributed by atoms with Crippen molar-refractivity contribution in [2.45, 2.75) is 219 Å². The maximum absolute atomic E-state index is 12.7. The highest BCUT2D eigenvalue weighted by Crippen LogP contribution is 2.17. The van der Waals surface area contributed by atoms with Crippen molar-refractivity contribution in [3.63, 3.8) is 0 Å². The van der Waals surface area contributed by atoms with Crippen molar-refractivity contribution in [2.75, 3.05) is 0 Å². The van der Waals surface area contributed by atoms with Gasteiger partial charge in [0.15, 0.2) is 5.78 Å². The molecule has 0 aliphatic heterocycles. The summed E-state index contributed by atoms with van der Waals surface area (Å²) in [5.41, 5.74) is 0. The molecule has 246 valence electrons. The molecule has 2 amide bonds. The molecule has 2 atom stereocenters. The lowest BCUT2D eigenvalue weighted by molar-refractivity contribution is -0.124. The van der Waals surface area contributed by atoms with E-state index >= 15 is 0 Å². The SMILES string of the molecule is CCCCCCCCCCCCCCCC(=O)NC(CCCCCCCCCCCCCCC)CC(=O)NC1CC1=O. The van der Waals surface area contributed by atoms with E-state index in [-0.39, 0.29) is 36.1 Å². The van der Waals surface area contributed by atoms with Crippen molar-refractivity contribution in [3.05, 3.63) is 0 Å². The fraction of sp³-hybridized carbons (Fsp3) is 0.919. The summed E-state index contributed by atoms with van der Waals surface area (Å²) in [5, 5.41) is 5.97. The molecule has 5 nitrogen and oxygen atoms in total. The minimum atomic E-state index is -0.281. The van der Waals surface area contributed by atoms with Crippen LogP contribution in [0.3, 0.4) is 0 Å². The molecule has 42 heavy (non-hydrogen) atoms. The van der Waals surface area contributed by atoms with Gasteiger partial charge in [0.2, 0.25) is 11.8 Å². The third-order valence-corrected chi connectivity index (χ3v) is 8.93. The molecular formula is C37H70N2O3. The Morgan fingerprint density at radius 1 is 0.571 bits per heavy atom. The summed E-state index contributed by atoms with van der Waals surface area (Å²) < 4.78 is 0. The van der Waals surface area contributed by atoms with Crippen molar-refractivity contribution in [1.29, 1.82) is 0 Å². The van der Waals surface area contributed by atoms with Gasteiger partial charge in [-0.3, -0.25) is 14.4 Å². The Morgan fingerprint density at radius 3 is 1.31 bits per heavy atom. The molecule has 0 heterocycles. The molecular weight excluding hydrogens is 520 g/mol. The van der Waals surface area contributed by atoms with E-state index in [1.54, 1.807) is 0 Å². The van der Waals surface area contributed by atoms with E-state index in [1.807, 2.05) is 0 Å². The van der Waals surface area contributed by atoms with Crippen LogP contribution in [0.5, 0.6) is 0 Å². The monoisotopic (exact) mass is 591 g/mol. The molecule has 2 unspecified atom stereocenters. The summed E-state index contributed by atoms with van der Waals surface area (Å²) >= 11 is 0. The molecule has 1 aliphatic carbocycles. The predicted molar refractivity (Wildman–Crippen MR) is 179 cm³/mol. The third-order valence-electron chi connectivity index (χ3n) is 8.93. The molecule has 5 heteroatoms. The van der Waals surface area contributed by atoms with E-state index in [0.29, 0.717) is 12.8 Å². The number of carbonyl (C=O) groups excluding carboxylic acids is 3. The first-order chi connectivity index (χ1) is 20.6. The summed E-state index contributed by atoms with van der Waals surface area (Å²) in [6.07, 6.45) is 36.1. The van der Waals surface area contributed by atoms with Gasteiger partial charge in [-0.15, -0.1) is 0 Å². The molecule has 0 aromatic rings. The molecule has 0 aromatic heterocycles. The van der Waals surface area contributed by atoms with Crippen molar-refractivity contribution < 1.29 is 14.4 Å². The zero-order valence-electron chi connectivity index (χ0n) is 28.1. The van der Waals surface area contributed by atoms with Gasteiger partial charge in [0.05, 0.1) is 6.04 Å². The van der Waals surface area contributed by atoms with Gasteiger partial charge >= 0.3 is 0 Å². The summed E-state index contributed by atoms with van der Waals surface area (Å²) in [4.78, 5) is 36.4. The second-order valence-electron chi connectivity index (χ2n) is 13.3. The van der Waals surface area contributed by atoms with E-state index in [0.717, 1.165) is 32.1 Å². The Labute approximate surface area is 260 Å². The van der Waals surface area contributed by atoms with Gasteiger partial charge in [0.25, 0.3) is 0 Å². The number of amides is 2. The van der Waals surface area contributed by atoms with Crippen LogP contribution in [0.2, 0.25) is 0 Å². The van der Waals surface area contributed by atoms with Gasteiger partial charge in [0, 0.05) is 25.3 Å². The first-order valence-corrected chi connectivity index (χ1v) is 18.7. The first-order valence-electron chi connectivity index (χ1n) is 18.7. The summed E-state index contributed by atoms with van der Waals surface area (Å²) in [6.45, 7) is 4.54. The fourth-order valence-electron chi connectivity index (χ4n) is 5.99. The fourth-order valence-corrected chi connectivity index (χ4v) is 5.99. The van der Waals surface area contributed by atoms with Gasteiger partial charge in [-0.25, -0.2) is 0 Å². The number of carbonyl (C=O) groups is 3. The molecule has 0 saturated heterocycles. The van der Waals surface area contributed by atoms with Crippen molar-refractivity contribution in [2.24, 2.45) is 0 Å². The van der Waals surface area contributed by atoms with E-state index in [1.165, 1.54) is 141 Å². The standard InChI is InChI=1S/C37H70N2O3/c1-3-5-7-9-11-13-15-17-19-21-23-25-27-29-33(31-37(42)39-34-32-35(34)40)38-36(41)30-28-26-24-22-20-18-16-14-12-10-8-6-4-2/h33-34H,3-32H2,1-2H3,(H,38,41)(H,39,42). The van der Waals surface area contributed by atoms with Crippen LogP contribution in [0.15, 0.2) is 0 Å². The minimum Gasteiger partial charge on any atom is -0.353 e. The third kappa shape index (κ3) is 25.1. The quantitative estimate of drug-likeness (QED) is 0.0765. The van der Waals surface area contributed by atoms with Crippen LogP contribution in [-0.2, 0) is 14.4 Å². The van der Waals surface area contributed by atoms with Crippen LogP contribution in [-0.4, -0.2) is 29.7 Å². The van der Waals surface area contributed by atoms with Gasteiger partial charge in [0.1, 0.15) is 0 Å². The molecule has 1 saturated carbocycles. The lowest BCUT2D eigenvalue weighted by atomic mass is 10.0. The number of hydrogen-bond acceptors (Lipinski definition) is 3. The van der Waals surface area contributed by atoms with Crippen molar-refractivity contribution in [3.8, 4) is 0 Å². The van der Waals surface area contributed by atoms with E-state index in [2.05, 4.69) is 24.5 Å². The number of rotatable bonds is 32. The summed E-state index contributed by atoms with van der Waals surface area (Å²) in [6, 6.07) is -0.406. The average Bonchev–Trinajstić information content (AvgIpc) is 3.67. The molecule has 0 bridgehead atoms. The van der Waals surface area contributed by atoms with Crippen molar-refractivity contribution in [1.82, 2.24) is 10.6 Å². The molecule has 0 spiro atoms. The molecule has 1 fully saturated rings. The van der Waals surface area contributed by atoms with E-state index in [4.69, 9.17) is 0 Å². The maximum atomic E-state index is 12.7. The largest absolute Gasteiger partial charge is 0.353 e. The lowest BCUT2D eigenvalue weighted by Gasteiger charge is -2.18. The molecule has 2 N–H and O–H groups in total. The smallest absolute Gasteiger partial charge is 0.222 e. The Morgan fingerprint density at radius 2 is 0.929 bits per heavy atom. The Bertz CT molecular complexity index is 665. The van der Waals surface area contributed by atoms with Gasteiger partial charge in [-0.1, -0.05) is 174 Å². The van der Waals surface area contributed by atoms with Crippen LogP contribution in [0.1, 0.15) is 206 Å². The second-order valence-corrected chi connectivity index (χ2v) is 13.3. The Hall–Kier alpha value is -1.39. The van der Waals surface area contributed by atoms with Crippen LogP contribution in [0.4, 0.5) is 0 Å². The van der Waals surface area contributed by atoms with Crippen LogP contribution >= 0.6 is 0 Å². The van der Waals surface area contributed by atoms with Crippen LogP contribution in [0.25, 0.3) is 0 Å². The summed E-state index contributed by atoms with van der Waals surface area (Å²) in [7, 11) is 0. The highest BCUT2D eigenvalue weighted by molar-refractivity contribution is 6.02. The van der Waals surface area contributed by atoms with Gasteiger partial charge in [-0.05, 0) is 12.8 Å². The van der Waals surface area contributed by atoms with E-state index in [9.17, 15) is 14.4 Å². The molecule has 1 aliphatic rings. The first kappa shape index (κ1) is 38.6. The maximum Gasteiger partial charge on any atom is 0.222 e. The summed E-state index contributed by atoms with van der Waals surface area (Å²) in [5.74, 6) is 0.0858. The average molecular weight is 591 g/mol. The predicted octanol–water partition coefficient (Wildman–Crippen LogP) is 10.3. The highest BCUT2D eigenvalue weighted by atomic mass is 16.2. The molecule has 0 radical (unpaired) electrons. The highest BCUT2D eigenvalue weighted by Gasteiger charge is 2.36. The van der Waals surface area contributed by atoms with Gasteiger partial charge in [-0.2, -0.15) is 0 Å². The lowest BCUT2D eigenvalue weighted by Crippen LogP contribution is -2.39. The molecule has 1 rings (SSSR count). The number of unbranched alkanes of at least 4 members (excludes halogenated alkanes) is 24. The zero-order chi connectivity index (χ0) is 30.5. The minimum absolute atomic E-state index is 0.0769.